The third kappa shape index (κ3) is 4.32. The van der Waals surface area contributed by atoms with E-state index >= 15 is 0 Å². The van der Waals surface area contributed by atoms with Gasteiger partial charge in [-0.2, -0.15) is 18.3 Å². The highest BCUT2D eigenvalue weighted by Gasteiger charge is 2.30. The summed E-state index contributed by atoms with van der Waals surface area (Å²) in [4.78, 5) is 10.7. The van der Waals surface area contributed by atoms with Gasteiger partial charge in [-0.15, -0.1) is 0 Å². The number of hydrazone groups is 1. The maximum atomic E-state index is 12.7. The smallest absolute Gasteiger partial charge is 0.416 e. The summed E-state index contributed by atoms with van der Waals surface area (Å²) < 4.78 is 38.0. The van der Waals surface area contributed by atoms with Crippen molar-refractivity contribution in [1.29, 1.82) is 0 Å². The maximum absolute atomic E-state index is 12.7. The highest BCUT2D eigenvalue weighted by atomic mass is 19.4. The summed E-state index contributed by atoms with van der Waals surface area (Å²) in [5.41, 5.74) is 3.32. The summed E-state index contributed by atoms with van der Waals surface area (Å²) in [5, 5.41) is 12.8. The third-order valence-corrected chi connectivity index (χ3v) is 3.09. The van der Waals surface area contributed by atoms with Crippen LogP contribution in [-0.4, -0.2) is 16.8 Å². The Morgan fingerprint density at radius 2 is 1.74 bits per heavy atom. The molecule has 2 rings (SSSR count). The molecular formula is C16H13F3N2O2. The molecule has 0 unspecified atom stereocenters. The number of rotatable bonds is 4. The lowest BCUT2D eigenvalue weighted by atomic mass is 10.1. The fraction of sp³-hybridized carbons (Fsp3) is 0.125. The normalized spacial score (nSPS) is 12.1. The van der Waals surface area contributed by atoms with Gasteiger partial charge < -0.3 is 5.11 Å². The van der Waals surface area contributed by atoms with E-state index in [0.29, 0.717) is 17.0 Å². The fourth-order valence-electron chi connectivity index (χ4n) is 1.82. The number of anilines is 1. The lowest BCUT2D eigenvalue weighted by molar-refractivity contribution is -0.137. The molecule has 0 spiro atoms. The number of nitrogens with zero attached hydrogens (tertiary/aromatic N) is 1. The van der Waals surface area contributed by atoms with E-state index in [0.717, 1.165) is 12.1 Å². The van der Waals surface area contributed by atoms with Gasteiger partial charge in [-0.25, -0.2) is 4.79 Å². The highest BCUT2D eigenvalue weighted by Crippen LogP contribution is 2.29. The van der Waals surface area contributed by atoms with Crippen molar-refractivity contribution >= 4 is 17.4 Å². The summed E-state index contributed by atoms with van der Waals surface area (Å²) >= 11 is 0. The largest absolute Gasteiger partial charge is 0.478 e. The van der Waals surface area contributed by atoms with Crippen LogP contribution in [0.5, 0.6) is 0 Å². The van der Waals surface area contributed by atoms with Gasteiger partial charge in [-0.05, 0) is 48.9 Å². The average molecular weight is 322 g/mol. The molecule has 4 nitrogen and oxygen atoms in total. The van der Waals surface area contributed by atoms with Crippen LogP contribution in [-0.2, 0) is 6.18 Å². The van der Waals surface area contributed by atoms with E-state index in [2.05, 4.69) is 10.5 Å². The van der Waals surface area contributed by atoms with Crippen LogP contribution in [0.15, 0.2) is 53.6 Å². The molecule has 0 saturated heterocycles. The van der Waals surface area contributed by atoms with Crippen molar-refractivity contribution in [1.82, 2.24) is 0 Å². The van der Waals surface area contributed by atoms with Crippen molar-refractivity contribution in [3.8, 4) is 0 Å². The molecule has 2 N–H and O–H groups in total. The third-order valence-electron chi connectivity index (χ3n) is 3.09. The second-order valence-electron chi connectivity index (χ2n) is 4.77. The zero-order valence-electron chi connectivity index (χ0n) is 12.1. The number of carboxylic acid groups (broad SMARTS) is 1. The van der Waals surface area contributed by atoms with Crippen molar-refractivity contribution in [3.05, 3.63) is 65.2 Å². The topological polar surface area (TPSA) is 61.7 Å². The van der Waals surface area contributed by atoms with E-state index in [-0.39, 0.29) is 5.56 Å². The van der Waals surface area contributed by atoms with Gasteiger partial charge in [0.15, 0.2) is 0 Å². The molecule has 0 saturated carbocycles. The minimum atomic E-state index is -4.41. The number of carboxylic acids is 1. The number of nitrogens with one attached hydrogen (secondary N) is 1. The lowest BCUT2D eigenvalue weighted by Crippen LogP contribution is -2.07. The van der Waals surface area contributed by atoms with Crippen LogP contribution in [0.3, 0.4) is 0 Å². The van der Waals surface area contributed by atoms with E-state index in [9.17, 15) is 18.0 Å². The summed E-state index contributed by atoms with van der Waals surface area (Å²) in [7, 11) is 0. The van der Waals surface area contributed by atoms with Crippen LogP contribution in [0, 0.1) is 0 Å². The van der Waals surface area contributed by atoms with Crippen molar-refractivity contribution in [2.24, 2.45) is 5.10 Å². The first-order chi connectivity index (χ1) is 10.8. The van der Waals surface area contributed by atoms with E-state index in [1.165, 1.54) is 36.4 Å². The Morgan fingerprint density at radius 3 is 2.30 bits per heavy atom. The molecule has 0 atom stereocenters. The Balaban J connectivity index is 2.15. The van der Waals surface area contributed by atoms with Crippen LogP contribution in [0.4, 0.5) is 18.9 Å². The number of halogens is 3. The Labute approximate surface area is 130 Å². The van der Waals surface area contributed by atoms with Gasteiger partial charge >= 0.3 is 12.1 Å². The molecule has 120 valence electrons. The van der Waals surface area contributed by atoms with Gasteiger partial charge in [0.1, 0.15) is 0 Å². The quantitative estimate of drug-likeness (QED) is 0.654. The molecule has 2 aromatic carbocycles. The minimum Gasteiger partial charge on any atom is -0.478 e. The average Bonchev–Trinajstić information content (AvgIpc) is 2.52. The minimum absolute atomic E-state index is 0.133. The molecule has 7 heteroatoms. The predicted octanol–water partition coefficient (Wildman–Crippen LogP) is 4.24. The van der Waals surface area contributed by atoms with Crippen molar-refractivity contribution < 1.29 is 23.1 Å². The van der Waals surface area contributed by atoms with Crippen molar-refractivity contribution in [2.75, 3.05) is 5.43 Å². The zero-order chi connectivity index (χ0) is 17.0. The SMILES string of the molecule is C/C(=N\Nc1ccc(C(=O)O)cc1)c1cccc(C(F)(F)F)c1. The van der Waals surface area contributed by atoms with Crippen LogP contribution in [0.1, 0.15) is 28.4 Å². The van der Waals surface area contributed by atoms with Crippen LogP contribution < -0.4 is 5.43 Å². The number of alkyl halides is 3. The van der Waals surface area contributed by atoms with E-state index in [1.54, 1.807) is 6.92 Å². The number of hydrogen-bond acceptors (Lipinski definition) is 3. The number of hydrogen-bond donors (Lipinski definition) is 2. The van der Waals surface area contributed by atoms with Crippen molar-refractivity contribution in [3.63, 3.8) is 0 Å². The summed E-state index contributed by atoms with van der Waals surface area (Å²) in [5.74, 6) is -1.04. The second-order valence-corrected chi connectivity index (χ2v) is 4.77. The van der Waals surface area contributed by atoms with Gasteiger partial charge in [-0.1, -0.05) is 12.1 Å². The van der Waals surface area contributed by atoms with E-state index in [4.69, 9.17) is 5.11 Å². The number of benzene rings is 2. The standard InChI is InChI=1S/C16H13F3N2O2/c1-10(12-3-2-4-13(9-12)16(17,18)19)20-21-14-7-5-11(6-8-14)15(22)23/h2-9,21H,1H3,(H,22,23)/b20-10+. The molecule has 0 aliphatic rings. The molecule has 0 heterocycles. The monoisotopic (exact) mass is 322 g/mol. The first kappa shape index (κ1) is 16.5. The van der Waals surface area contributed by atoms with Gasteiger partial charge in [0.2, 0.25) is 0 Å². The molecule has 0 fully saturated rings. The molecule has 2 aromatic rings. The Hall–Kier alpha value is -2.83. The van der Waals surface area contributed by atoms with E-state index in [1.807, 2.05) is 0 Å². The van der Waals surface area contributed by atoms with Gasteiger partial charge in [-0.3, -0.25) is 5.43 Å². The molecule has 0 aromatic heterocycles. The fourth-order valence-corrected chi connectivity index (χ4v) is 1.82. The molecule has 0 aliphatic carbocycles. The second kappa shape index (κ2) is 6.51. The molecule has 0 radical (unpaired) electrons. The first-order valence-electron chi connectivity index (χ1n) is 6.58. The van der Waals surface area contributed by atoms with Crippen LogP contribution in [0.2, 0.25) is 0 Å². The molecule has 0 aliphatic heterocycles. The highest BCUT2D eigenvalue weighted by molar-refractivity contribution is 5.99. The predicted molar refractivity (Wildman–Crippen MR) is 80.7 cm³/mol. The summed E-state index contributed by atoms with van der Waals surface area (Å²) in [6.07, 6.45) is -4.41. The zero-order valence-corrected chi connectivity index (χ0v) is 12.1. The Bertz CT molecular complexity index is 738. The molecular weight excluding hydrogens is 309 g/mol. The maximum Gasteiger partial charge on any atom is 0.416 e. The van der Waals surface area contributed by atoms with Crippen molar-refractivity contribution in [2.45, 2.75) is 13.1 Å². The van der Waals surface area contributed by atoms with Gasteiger partial charge in [0.25, 0.3) is 0 Å². The van der Waals surface area contributed by atoms with Gasteiger partial charge in [0, 0.05) is 0 Å². The van der Waals surface area contributed by atoms with Crippen LogP contribution in [0.25, 0.3) is 0 Å². The molecule has 23 heavy (non-hydrogen) atoms. The van der Waals surface area contributed by atoms with Crippen LogP contribution >= 0.6 is 0 Å². The first-order valence-corrected chi connectivity index (χ1v) is 6.58. The Kier molecular flexibility index (Phi) is 4.68. The Morgan fingerprint density at radius 1 is 1.09 bits per heavy atom. The molecule has 0 bridgehead atoms. The van der Waals surface area contributed by atoms with E-state index < -0.39 is 17.7 Å². The van der Waals surface area contributed by atoms with Gasteiger partial charge in [0.05, 0.1) is 22.5 Å². The number of carbonyl (C=O) groups is 1. The molecule has 0 amide bonds. The summed E-state index contributed by atoms with van der Waals surface area (Å²) in [6.45, 7) is 1.58. The number of aromatic carboxylic acids is 1. The lowest BCUT2D eigenvalue weighted by Gasteiger charge is -2.09. The summed E-state index contributed by atoms with van der Waals surface area (Å²) in [6, 6.07) is 10.7.